The van der Waals surface area contributed by atoms with Crippen LogP contribution in [0.25, 0.3) is 0 Å². The summed E-state index contributed by atoms with van der Waals surface area (Å²) in [5.74, 6) is 0. The first-order chi connectivity index (χ1) is 7.22. The van der Waals surface area contributed by atoms with Crippen LogP contribution in [-0.2, 0) is 11.2 Å². The second kappa shape index (κ2) is 6.68. The third-order valence-electron chi connectivity index (χ3n) is 1.68. The Morgan fingerprint density at radius 3 is 3.00 bits per heavy atom. The molecule has 0 saturated carbocycles. The molecule has 1 aromatic rings. The van der Waals surface area contributed by atoms with Gasteiger partial charge in [-0.1, -0.05) is 6.92 Å². The minimum Gasteiger partial charge on any atom is -0.374 e. The van der Waals surface area contributed by atoms with Gasteiger partial charge in [-0.15, -0.1) is 11.3 Å². The Bertz CT molecular complexity index is 281. The van der Waals surface area contributed by atoms with Crippen molar-refractivity contribution in [2.24, 2.45) is 0 Å². The van der Waals surface area contributed by atoms with Crippen LogP contribution in [0.2, 0.25) is 0 Å². The first-order valence-corrected chi connectivity index (χ1v) is 5.64. The van der Waals surface area contributed by atoms with Crippen LogP contribution in [0.3, 0.4) is 0 Å². The summed E-state index contributed by atoms with van der Waals surface area (Å²) in [6.45, 7) is 2.30. The molecule has 0 bridgehead atoms. The molecule has 0 aliphatic rings. The van der Waals surface area contributed by atoms with E-state index in [4.69, 9.17) is 4.74 Å². The Morgan fingerprint density at radius 1 is 1.60 bits per heavy atom. The highest BCUT2D eigenvalue weighted by Crippen LogP contribution is 2.14. The number of nitrogens with zero attached hydrogens (tertiary/aromatic N) is 1. The molecular weight excluding hydrogens is 222 g/mol. The first kappa shape index (κ1) is 12.3. The van der Waals surface area contributed by atoms with Crippen LogP contribution < -0.4 is 5.32 Å². The Labute approximate surface area is 91.5 Å². The summed E-state index contributed by atoms with van der Waals surface area (Å²) in [6, 6.07) is 0. The normalized spacial score (nSPS) is 10.9. The molecule has 3 nitrogen and oxygen atoms in total. The van der Waals surface area contributed by atoms with E-state index in [-0.39, 0.29) is 6.61 Å². The Kier molecular flexibility index (Phi) is 5.49. The van der Waals surface area contributed by atoms with E-state index in [0.717, 1.165) is 17.2 Å². The van der Waals surface area contributed by atoms with Crippen molar-refractivity contribution < 1.29 is 13.5 Å². The molecule has 1 rings (SSSR count). The average Bonchev–Trinajstić information content (AvgIpc) is 2.65. The van der Waals surface area contributed by atoms with Gasteiger partial charge < -0.3 is 10.1 Å². The van der Waals surface area contributed by atoms with Crippen LogP contribution in [0.15, 0.2) is 5.38 Å². The zero-order valence-corrected chi connectivity index (χ0v) is 9.32. The van der Waals surface area contributed by atoms with Crippen molar-refractivity contribution in [2.75, 3.05) is 25.1 Å². The van der Waals surface area contributed by atoms with Crippen LogP contribution in [0.1, 0.15) is 12.6 Å². The van der Waals surface area contributed by atoms with Gasteiger partial charge in [0.1, 0.15) is 6.61 Å². The zero-order chi connectivity index (χ0) is 11.1. The number of thiazole rings is 1. The number of alkyl halides is 2. The molecule has 0 amide bonds. The van der Waals surface area contributed by atoms with Crippen molar-refractivity contribution in [3.8, 4) is 0 Å². The molecule has 0 spiro atoms. The quantitative estimate of drug-likeness (QED) is 0.738. The average molecular weight is 236 g/mol. The van der Waals surface area contributed by atoms with Crippen LogP contribution in [0.5, 0.6) is 0 Å². The topological polar surface area (TPSA) is 34.1 Å². The Morgan fingerprint density at radius 2 is 2.40 bits per heavy atom. The number of hydrogen-bond acceptors (Lipinski definition) is 4. The fourth-order valence-electron chi connectivity index (χ4n) is 0.953. The van der Waals surface area contributed by atoms with Gasteiger partial charge in [-0.05, 0) is 6.42 Å². The molecule has 1 N–H and O–H groups in total. The van der Waals surface area contributed by atoms with E-state index in [2.05, 4.69) is 10.3 Å². The van der Waals surface area contributed by atoms with Gasteiger partial charge in [-0.25, -0.2) is 13.8 Å². The molecule has 0 saturated heterocycles. The SMILES string of the molecule is CCc1csc(NCCOCC(F)F)n1. The molecule has 15 heavy (non-hydrogen) atoms. The highest BCUT2D eigenvalue weighted by atomic mass is 32.1. The number of ether oxygens (including phenoxy) is 1. The molecule has 6 heteroatoms. The number of nitrogens with one attached hydrogen (secondary N) is 1. The molecule has 0 aliphatic carbocycles. The lowest BCUT2D eigenvalue weighted by molar-refractivity contribution is 0.0215. The van der Waals surface area contributed by atoms with Crippen LogP contribution >= 0.6 is 11.3 Å². The van der Waals surface area contributed by atoms with Gasteiger partial charge in [-0.3, -0.25) is 0 Å². The third kappa shape index (κ3) is 5.03. The lowest BCUT2D eigenvalue weighted by atomic mass is 10.4. The Hall–Kier alpha value is -0.750. The molecule has 0 fully saturated rings. The highest BCUT2D eigenvalue weighted by Gasteiger charge is 2.02. The maximum Gasteiger partial charge on any atom is 0.261 e. The number of halogens is 2. The maximum atomic E-state index is 11.7. The molecule has 86 valence electrons. The summed E-state index contributed by atoms with van der Waals surface area (Å²) in [5.41, 5.74) is 1.04. The van der Waals surface area contributed by atoms with Crippen molar-refractivity contribution in [1.29, 1.82) is 0 Å². The largest absolute Gasteiger partial charge is 0.374 e. The van der Waals surface area contributed by atoms with E-state index in [1.807, 2.05) is 12.3 Å². The second-order valence-corrected chi connectivity index (χ2v) is 3.75. The standard InChI is InChI=1S/C9H14F2N2OS/c1-2-7-6-15-9(13-7)12-3-4-14-5-8(10)11/h6,8H,2-5H2,1H3,(H,12,13). The number of aromatic nitrogens is 1. The molecule has 0 radical (unpaired) electrons. The molecule has 1 heterocycles. The maximum absolute atomic E-state index is 11.7. The monoisotopic (exact) mass is 236 g/mol. The number of aryl methyl sites for hydroxylation is 1. The summed E-state index contributed by atoms with van der Waals surface area (Å²) in [6.07, 6.45) is -1.49. The molecule has 1 aromatic heterocycles. The lowest BCUT2D eigenvalue weighted by Crippen LogP contribution is -2.12. The molecule has 0 unspecified atom stereocenters. The summed E-state index contributed by atoms with van der Waals surface area (Å²) in [4.78, 5) is 4.27. The van der Waals surface area contributed by atoms with Gasteiger partial charge in [0.15, 0.2) is 5.13 Å². The number of anilines is 1. The zero-order valence-electron chi connectivity index (χ0n) is 8.50. The second-order valence-electron chi connectivity index (χ2n) is 2.89. The van der Waals surface area contributed by atoms with Crippen LogP contribution in [0, 0.1) is 0 Å². The van der Waals surface area contributed by atoms with Gasteiger partial charge in [0, 0.05) is 11.9 Å². The summed E-state index contributed by atoms with van der Waals surface area (Å²) in [7, 11) is 0. The first-order valence-electron chi connectivity index (χ1n) is 4.76. The fraction of sp³-hybridized carbons (Fsp3) is 0.667. The fourth-order valence-corrected chi connectivity index (χ4v) is 1.78. The molecular formula is C9H14F2N2OS. The number of rotatable bonds is 7. The van der Waals surface area contributed by atoms with Gasteiger partial charge in [-0.2, -0.15) is 0 Å². The van der Waals surface area contributed by atoms with Gasteiger partial charge in [0.25, 0.3) is 6.43 Å². The third-order valence-corrected chi connectivity index (χ3v) is 2.53. The van der Waals surface area contributed by atoms with Crippen molar-refractivity contribution in [3.63, 3.8) is 0 Å². The highest BCUT2D eigenvalue weighted by molar-refractivity contribution is 7.13. The van der Waals surface area contributed by atoms with E-state index in [1.165, 1.54) is 11.3 Å². The van der Waals surface area contributed by atoms with Gasteiger partial charge in [0.2, 0.25) is 0 Å². The van der Waals surface area contributed by atoms with Gasteiger partial charge in [0.05, 0.1) is 12.3 Å². The minimum atomic E-state index is -2.39. The Balaban J connectivity index is 2.09. The summed E-state index contributed by atoms with van der Waals surface area (Å²) >= 11 is 1.51. The molecule has 0 atom stereocenters. The van der Waals surface area contributed by atoms with Crippen molar-refractivity contribution in [1.82, 2.24) is 4.98 Å². The van der Waals surface area contributed by atoms with Gasteiger partial charge >= 0.3 is 0 Å². The summed E-state index contributed by atoms with van der Waals surface area (Å²) < 4.78 is 28.1. The van der Waals surface area contributed by atoms with Crippen LogP contribution in [0.4, 0.5) is 13.9 Å². The lowest BCUT2D eigenvalue weighted by Gasteiger charge is -2.03. The van der Waals surface area contributed by atoms with E-state index in [9.17, 15) is 8.78 Å². The van der Waals surface area contributed by atoms with Crippen molar-refractivity contribution >= 4 is 16.5 Å². The van der Waals surface area contributed by atoms with E-state index >= 15 is 0 Å². The van der Waals surface area contributed by atoms with Crippen molar-refractivity contribution in [2.45, 2.75) is 19.8 Å². The molecule has 0 aliphatic heterocycles. The van der Waals surface area contributed by atoms with Crippen LogP contribution in [-0.4, -0.2) is 31.2 Å². The minimum absolute atomic E-state index is 0.269. The molecule has 0 aromatic carbocycles. The van der Waals surface area contributed by atoms with Crippen molar-refractivity contribution in [3.05, 3.63) is 11.1 Å². The van der Waals surface area contributed by atoms with E-state index in [1.54, 1.807) is 0 Å². The van der Waals surface area contributed by atoms with E-state index < -0.39 is 13.0 Å². The summed E-state index contributed by atoms with van der Waals surface area (Å²) in [5, 5.41) is 5.80. The van der Waals surface area contributed by atoms with E-state index in [0.29, 0.717) is 6.54 Å². The number of hydrogen-bond donors (Lipinski definition) is 1. The smallest absolute Gasteiger partial charge is 0.261 e. The predicted octanol–water partition coefficient (Wildman–Crippen LogP) is 2.40. The predicted molar refractivity (Wildman–Crippen MR) is 56.8 cm³/mol.